The van der Waals surface area contributed by atoms with Crippen LogP contribution >= 0.6 is 0 Å². The summed E-state index contributed by atoms with van der Waals surface area (Å²) in [5, 5.41) is 4.92. The van der Waals surface area contributed by atoms with Gasteiger partial charge in [-0.25, -0.2) is 14.2 Å². The number of nitrogens with one attached hydrogen (secondary N) is 2. The van der Waals surface area contributed by atoms with E-state index in [9.17, 15) is 27.2 Å². The van der Waals surface area contributed by atoms with Gasteiger partial charge < -0.3 is 29.6 Å². The first-order valence-electron chi connectivity index (χ1n) is 13.2. The normalized spacial score (nSPS) is 16.4. The highest BCUT2D eigenvalue weighted by Gasteiger charge is 2.42. The first-order valence-corrected chi connectivity index (χ1v) is 13.2. The van der Waals surface area contributed by atoms with Crippen LogP contribution in [-0.2, 0) is 6.18 Å². The van der Waals surface area contributed by atoms with Gasteiger partial charge in [-0.15, -0.1) is 0 Å². The Morgan fingerprint density at radius 3 is 2.37 bits per heavy atom. The molecule has 218 valence electrons. The summed E-state index contributed by atoms with van der Waals surface area (Å²) in [7, 11) is 0. The summed E-state index contributed by atoms with van der Waals surface area (Å²) < 4.78 is 65.2. The van der Waals surface area contributed by atoms with Crippen LogP contribution in [0.4, 0.5) is 39.5 Å². The second-order valence-electron chi connectivity index (χ2n) is 9.78. The average Bonchev–Trinajstić information content (AvgIpc) is 3.40. The Balaban J connectivity index is 1.18. The number of amides is 3. The Morgan fingerprint density at radius 1 is 0.976 bits per heavy atom. The third-order valence-electron chi connectivity index (χ3n) is 6.91. The van der Waals surface area contributed by atoms with Crippen molar-refractivity contribution in [2.45, 2.75) is 44.4 Å². The van der Waals surface area contributed by atoms with Crippen LogP contribution in [-0.4, -0.2) is 59.1 Å². The molecular formula is C27H28F4N6O4. The summed E-state index contributed by atoms with van der Waals surface area (Å²) >= 11 is 0. The van der Waals surface area contributed by atoms with Gasteiger partial charge in [0, 0.05) is 26.2 Å². The van der Waals surface area contributed by atoms with Crippen LogP contribution in [0.15, 0.2) is 47.0 Å². The molecule has 3 heterocycles. The molecule has 2 aliphatic rings. The van der Waals surface area contributed by atoms with Crippen LogP contribution in [0.3, 0.4) is 0 Å². The van der Waals surface area contributed by atoms with Crippen molar-refractivity contribution in [2.75, 3.05) is 41.7 Å². The number of aromatic nitrogens is 2. The van der Waals surface area contributed by atoms with Gasteiger partial charge in [-0.2, -0.15) is 18.2 Å². The Morgan fingerprint density at radius 2 is 1.71 bits per heavy atom. The third-order valence-corrected chi connectivity index (χ3v) is 6.91. The van der Waals surface area contributed by atoms with E-state index in [0.717, 1.165) is 19.3 Å². The molecule has 1 saturated carbocycles. The third kappa shape index (κ3) is 6.87. The van der Waals surface area contributed by atoms with Crippen molar-refractivity contribution >= 4 is 29.1 Å². The van der Waals surface area contributed by atoms with E-state index >= 15 is 0 Å². The van der Waals surface area contributed by atoms with Gasteiger partial charge in [0.1, 0.15) is 17.7 Å². The van der Waals surface area contributed by atoms with Crippen molar-refractivity contribution in [2.24, 2.45) is 0 Å². The fraction of sp³-hybridized carbons (Fsp3) is 0.407. The Kier molecular flexibility index (Phi) is 8.26. The minimum absolute atomic E-state index is 0.0971. The average molecular weight is 577 g/mol. The van der Waals surface area contributed by atoms with Gasteiger partial charge in [-0.3, -0.25) is 4.79 Å². The number of halogens is 4. The van der Waals surface area contributed by atoms with Crippen molar-refractivity contribution in [3.05, 3.63) is 59.9 Å². The number of anilines is 3. The number of nitrogens with zero attached hydrogens (tertiary/aromatic N) is 4. The number of hydrogen-bond donors (Lipinski definition) is 2. The second kappa shape index (κ2) is 12.0. The Bertz CT molecular complexity index is 1370. The van der Waals surface area contributed by atoms with Gasteiger partial charge in [0.05, 0.1) is 17.6 Å². The molecule has 41 heavy (non-hydrogen) atoms. The van der Waals surface area contributed by atoms with E-state index in [0.29, 0.717) is 44.8 Å². The number of carbonyl (C=O) groups is 2. The molecule has 3 amide bonds. The summed E-state index contributed by atoms with van der Waals surface area (Å²) in [6.07, 6.45) is -0.302. The molecule has 0 atom stereocenters. The zero-order chi connectivity index (χ0) is 29.0. The number of piperazine rings is 1. The van der Waals surface area contributed by atoms with Crippen molar-refractivity contribution < 1.29 is 36.3 Å². The fourth-order valence-electron chi connectivity index (χ4n) is 4.75. The quantitative estimate of drug-likeness (QED) is 0.370. The zero-order valence-corrected chi connectivity index (χ0v) is 21.9. The largest absolute Gasteiger partial charge is 0.447 e. The predicted octanol–water partition coefficient (Wildman–Crippen LogP) is 5.55. The molecular weight excluding hydrogens is 548 g/mol. The topological polar surface area (TPSA) is 113 Å². The number of hydrogen-bond acceptors (Lipinski definition) is 7. The molecule has 0 spiro atoms. The predicted molar refractivity (Wildman–Crippen MR) is 140 cm³/mol. The van der Waals surface area contributed by atoms with E-state index in [1.807, 2.05) is 4.90 Å². The molecule has 2 fully saturated rings. The summed E-state index contributed by atoms with van der Waals surface area (Å²) in [5.74, 6) is -2.09. The van der Waals surface area contributed by atoms with E-state index in [2.05, 4.69) is 20.6 Å². The second-order valence-corrected chi connectivity index (χ2v) is 9.78. The molecule has 1 aliphatic heterocycles. The summed E-state index contributed by atoms with van der Waals surface area (Å²) in [6.45, 7) is 1.61. The number of ether oxygens (including phenoxy) is 1. The lowest BCUT2D eigenvalue weighted by atomic mass is 9.98. The molecule has 1 aromatic carbocycles. The van der Waals surface area contributed by atoms with Crippen molar-refractivity contribution in [1.82, 2.24) is 14.9 Å². The van der Waals surface area contributed by atoms with Crippen LogP contribution in [0, 0.1) is 5.82 Å². The number of para-hydroxylation sites is 1. The maximum atomic E-state index is 13.8. The number of carbonyl (C=O) groups excluding carboxylic acids is 2. The molecule has 2 N–H and O–H groups in total. The summed E-state index contributed by atoms with van der Waals surface area (Å²) in [4.78, 5) is 36.4. The van der Waals surface area contributed by atoms with E-state index in [4.69, 9.17) is 9.15 Å². The molecule has 2 aromatic heterocycles. The van der Waals surface area contributed by atoms with Gasteiger partial charge in [0.2, 0.25) is 5.76 Å². The van der Waals surface area contributed by atoms with E-state index in [-0.39, 0.29) is 17.5 Å². The molecule has 0 radical (unpaired) electrons. The standard InChI is InChI=1S/C27H28F4N6O4/c28-19-8-4-5-9-20(19)34-25(39)37-14-12-36(13-15-37)21-11-10-17(16-32-21)33-24(38)22-23(27(29,30)31)35-26(41-22)40-18-6-2-1-3-7-18/h4-5,8-11,16,18H,1-3,6-7,12-15H2,(H,33,38)(H,34,39). The Hall–Kier alpha value is -4.36. The van der Waals surface area contributed by atoms with E-state index < -0.39 is 41.5 Å². The number of alkyl halides is 3. The molecule has 1 aliphatic carbocycles. The van der Waals surface area contributed by atoms with Crippen LogP contribution in [0.1, 0.15) is 48.4 Å². The lowest BCUT2D eigenvalue weighted by molar-refractivity contribution is -0.141. The van der Waals surface area contributed by atoms with Crippen LogP contribution in [0.2, 0.25) is 0 Å². The minimum atomic E-state index is -4.92. The van der Waals surface area contributed by atoms with Crippen molar-refractivity contribution in [3.63, 3.8) is 0 Å². The first kappa shape index (κ1) is 28.2. The number of pyridine rings is 1. The number of oxazole rings is 1. The highest BCUT2D eigenvalue weighted by Crippen LogP contribution is 2.35. The minimum Gasteiger partial charge on any atom is -0.447 e. The lowest BCUT2D eigenvalue weighted by Crippen LogP contribution is -2.50. The maximum absolute atomic E-state index is 13.8. The van der Waals surface area contributed by atoms with Crippen molar-refractivity contribution in [1.29, 1.82) is 0 Å². The maximum Gasteiger partial charge on any atom is 0.437 e. The monoisotopic (exact) mass is 576 g/mol. The van der Waals surface area contributed by atoms with Gasteiger partial charge in [-0.1, -0.05) is 18.6 Å². The number of urea groups is 1. The molecule has 0 unspecified atom stereocenters. The molecule has 3 aromatic rings. The number of benzene rings is 1. The SMILES string of the molecule is O=C(Nc1ccc(N2CCN(C(=O)Nc3ccccc3F)CC2)nc1)c1oc(OC2CCCCC2)nc1C(F)(F)F. The van der Waals surface area contributed by atoms with Gasteiger partial charge in [-0.05, 0) is 49.9 Å². The Labute approximate surface area is 232 Å². The lowest BCUT2D eigenvalue weighted by Gasteiger charge is -2.35. The number of rotatable bonds is 6. The molecule has 14 heteroatoms. The van der Waals surface area contributed by atoms with Crippen molar-refractivity contribution in [3.8, 4) is 6.08 Å². The van der Waals surface area contributed by atoms with E-state index in [1.54, 1.807) is 17.0 Å². The highest BCUT2D eigenvalue weighted by atomic mass is 19.4. The van der Waals surface area contributed by atoms with Gasteiger partial charge in [0.15, 0.2) is 5.69 Å². The highest BCUT2D eigenvalue weighted by molar-refractivity contribution is 6.03. The molecule has 1 saturated heterocycles. The van der Waals surface area contributed by atoms with E-state index in [1.165, 1.54) is 30.5 Å². The summed E-state index contributed by atoms with van der Waals surface area (Å²) in [5.41, 5.74) is -1.21. The van der Waals surface area contributed by atoms with Crippen LogP contribution in [0.25, 0.3) is 0 Å². The smallest absolute Gasteiger partial charge is 0.437 e. The first-order chi connectivity index (χ1) is 19.7. The van der Waals surface area contributed by atoms with Gasteiger partial charge >= 0.3 is 18.3 Å². The van der Waals surface area contributed by atoms with Gasteiger partial charge in [0.25, 0.3) is 5.91 Å². The fourth-order valence-corrected chi connectivity index (χ4v) is 4.75. The zero-order valence-electron chi connectivity index (χ0n) is 21.9. The summed E-state index contributed by atoms with van der Waals surface area (Å²) in [6, 6.07) is 8.58. The van der Waals surface area contributed by atoms with Crippen LogP contribution in [0.5, 0.6) is 6.08 Å². The molecule has 0 bridgehead atoms. The van der Waals surface area contributed by atoms with Crippen LogP contribution < -0.4 is 20.3 Å². The molecule has 5 rings (SSSR count). The molecule has 10 nitrogen and oxygen atoms in total.